The van der Waals surface area contributed by atoms with Crippen LogP contribution in [-0.2, 0) is 0 Å². The molecule has 0 bridgehead atoms. The molecule has 3 aromatic heterocycles. The molecule has 3 heterocycles. The maximum Gasteiger partial charge on any atom is 0.221 e. The van der Waals surface area contributed by atoms with Crippen LogP contribution < -0.4 is 16.2 Å². The van der Waals surface area contributed by atoms with Crippen LogP contribution in [0.1, 0.15) is 16.6 Å². The van der Waals surface area contributed by atoms with Crippen molar-refractivity contribution < 1.29 is 9.53 Å². The van der Waals surface area contributed by atoms with Crippen molar-refractivity contribution in [2.24, 2.45) is 0 Å². The number of ether oxygens (including phenoxy) is 1. The summed E-state index contributed by atoms with van der Waals surface area (Å²) in [6.07, 6.45) is 3.22. The van der Waals surface area contributed by atoms with Crippen LogP contribution in [0.15, 0.2) is 18.5 Å². The SMILES string of the molecule is COc1cncc(-c2nc(N)nc3sc(C(C)=O)c(N)c23)c1. The molecule has 3 rings (SSSR count). The summed E-state index contributed by atoms with van der Waals surface area (Å²) in [5, 5.41) is 0.611. The monoisotopic (exact) mass is 315 g/mol. The third kappa shape index (κ3) is 2.23. The molecule has 7 nitrogen and oxygen atoms in total. The molecule has 0 saturated carbocycles. The van der Waals surface area contributed by atoms with Crippen LogP contribution in [0.5, 0.6) is 5.75 Å². The predicted molar refractivity (Wildman–Crippen MR) is 86.0 cm³/mol. The Kier molecular flexibility index (Phi) is 3.38. The van der Waals surface area contributed by atoms with Gasteiger partial charge in [-0.25, -0.2) is 9.97 Å². The highest BCUT2D eigenvalue weighted by molar-refractivity contribution is 7.21. The van der Waals surface area contributed by atoms with E-state index in [0.29, 0.717) is 37.8 Å². The Morgan fingerprint density at radius 1 is 1.27 bits per heavy atom. The maximum atomic E-state index is 11.7. The Morgan fingerprint density at radius 3 is 2.73 bits per heavy atom. The first-order valence-electron chi connectivity index (χ1n) is 6.37. The summed E-state index contributed by atoms with van der Waals surface area (Å²) in [7, 11) is 1.55. The summed E-state index contributed by atoms with van der Waals surface area (Å²) >= 11 is 1.21. The van der Waals surface area contributed by atoms with E-state index in [1.165, 1.54) is 18.3 Å². The molecule has 0 radical (unpaired) electrons. The Balaban J connectivity index is 2.35. The molecule has 0 spiro atoms. The molecule has 0 fully saturated rings. The van der Waals surface area contributed by atoms with E-state index in [-0.39, 0.29) is 11.7 Å². The lowest BCUT2D eigenvalue weighted by Gasteiger charge is -2.06. The lowest BCUT2D eigenvalue weighted by atomic mass is 10.1. The fourth-order valence-corrected chi connectivity index (χ4v) is 3.17. The number of aromatic nitrogens is 3. The van der Waals surface area contributed by atoms with E-state index < -0.39 is 0 Å². The molecule has 3 aromatic rings. The lowest BCUT2D eigenvalue weighted by molar-refractivity contribution is 0.102. The number of anilines is 2. The summed E-state index contributed by atoms with van der Waals surface area (Å²) in [6.45, 7) is 1.46. The summed E-state index contributed by atoms with van der Waals surface area (Å²) in [5.74, 6) is 0.582. The number of hydrogen-bond donors (Lipinski definition) is 2. The van der Waals surface area contributed by atoms with Gasteiger partial charge in [0.15, 0.2) is 5.78 Å². The summed E-state index contributed by atoms with van der Waals surface area (Å²) in [4.78, 5) is 25.3. The Morgan fingerprint density at radius 2 is 2.05 bits per heavy atom. The van der Waals surface area contributed by atoms with Gasteiger partial charge in [0.2, 0.25) is 5.95 Å². The minimum absolute atomic E-state index is 0.113. The van der Waals surface area contributed by atoms with Gasteiger partial charge in [-0.2, -0.15) is 0 Å². The van der Waals surface area contributed by atoms with E-state index in [2.05, 4.69) is 15.0 Å². The highest BCUT2D eigenvalue weighted by atomic mass is 32.1. The molecular weight excluding hydrogens is 302 g/mol. The van der Waals surface area contributed by atoms with Gasteiger partial charge in [0.1, 0.15) is 10.6 Å². The Labute approximate surface area is 130 Å². The second kappa shape index (κ2) is 5.23. The van der Waals surface area contributed by atoms with Gasteiger partial charge in [0.25, 0.3) is 0 Å². The van der Waals surface area contributed by atoms with Gasteiger partial charge < -0.3 is 16.2 Å². The van der Waals surface area contributed by atoms with Crippen LogP contribution in [0, 0.1) is 0 Å². The highest BCUT2D eigenvalue weighted by Gasteiger charge is 2.20. The molecule has 0 atom stereocenters. The van der Waals surface area contributed by atoms with Crippen molar-refractivity contribution >= 4 is 39.0 Å². The number of thiophene rings is 1. The van der Waals surface area contributed by atoms with Gasteiger partial charge in [0, 0.05) is 18.7 Å². The minimum atomic E-state index is -0.117. The molecule has 4 N–H and O–H groups in total. The molecule has 8 heteroatoms. The minimum Gasteiger partial charge on any atom is -0.495 e. The van der Waals surface area contributed by atoms with Crippen LogP contribution >= 0.6 is 11.3 Å². The van der Waals surface area contributed by atoms with E-state index in [1.54, 1.807) is 25.6 Å². The van der Waals surface area contributed by atoms with E-state index in [1.807, 2.05) is 0 Å². The number of ketones is 1. The third-order valence-corrected chi connectivity index (χ3v) is 4.35. The van der Waals surface area contributed by atoms with E-state index >= 15 is 0 Å². The number of methoxy groups -OCH3 is 1. The van der Waals surface area contributed by atoms with Crippen LogP contribution in [0.25, 0.3) is 21.5 Å². The maximum absolute atomic E-state index is 11.7. The van der Waals surface area contributed by atoms with Crippen LogP contribution in [0.2, 0.25) is 0 Å². The van der Waals surface area contributed by atoms with Crippen molar-refractivity contribution in [2.45, 2.75) is 6.92 Å². The fourth-order valence-electron chi connectivity index (χ4n) is 2.17. The molecule has 0 aliphatic carbocycles. The quantitative estimate of drug-likeness (QED) is 0.711. The van der Waals surface area contributed by atoms with E-state index in [4.69, 9.17) is 16.2 Å². The van der Waals surface area contributed by atoms with Crippen molar-refractivity contribution in [3.05, 3.63) is 23.3 Å². The molecule has 0 aliphatic rings. The number of pyridine rings is 1. The highest BCUT2D eigenvalue weighted by Crippen LogP contribution is 2.39. The first-order chi connectivity index (χ1) is 10.5. The molecule has 0 amide bonds. The van der Waals surface area contributed by atoms with Crippen molar-refractivity contribution in [3.63, 3.8) is 0 Å². The second-order valence-electron chi connectivity index (χ2n) is 4.63. The summed E-state index contributed by atoms with van der Waals surface area (Å²) in [5.41, 5.74) is 13.5. The molecule has 0 unspecified atom stereocenters. The number of nitrogens with two attached hydrogens (primary N) is 2. The first-order valence-corrected chi connectivity index (χ1v) is 7.18. The van der Waals surface area contributed by atoms with Gasteiger partial charge in [-0.3, -0.25) is 9.78 Å². The first kappa shape index (κ1) is 14.2. The number of rotatable bonds is 3. The number of Topliss-reactive ketones (excluding diaryl/α,β-unsaturated/α-hetero) is 1. The van der Waals surface area contributed by atoms with E-state index in [0.717, 1.165) is 0 Å². The van der Waals surface area contributed by atoms with Gasteiger partial charge in [0.05, 0.1) is 35.0 Å². The molecule has 112 valence electrons. The van der Waals surface area contributed by atoms with Crippen molar-refractivity contribution in [1.29, 1.82) is 0 Å². The fraction of sp³-hybridized carbons (Fsp3) is 0.143. The predicted octanol–water partition coefficient (Wildman–Crippen LogP) is 2.13. The average Bonchev–Trinajstić information content (AvgIpc) is 2.83. The Hall–Kier alpha value is -2.74. The lowest BCUT2D eigenvalue weighted by Crippen LogP contribution is -1.99. The normalized spacial score (nSPS) is 10.8. The standard InChI is InChI=1S/C14H13N5O2S/c1-6(20)12-10(15)9-11(18-14(16)19-13(9)22-12)7-3-8(21-2)5-17-4-7/h3-5H,15H2,1-2H3,(H2,16,18,19). The largest absolute Gasteiger partial charge is 0.495 e. The van der Waals surface area contributed by atoms with Crippen molar-refractivity contribution in [2.75, 3.05) is 18.6 Å². The number of carbonyl (C=O) groups is 1. The zero-order valence-electron chi connectivity index (χ0n) is 12.0. The Bertz CT molecular complexity index is 890. The summed E-state index contributed by atoms with van der Waals surface area (Å²) < 4.78 is 5.17. The topological polar surface area (TPSA) is 117 Å². The number of fused-ring (bicyclic) bond motifs is 1. The van der Waals surface area contributed by atoms with Gasteiger partial charge >= 0.3 is 0 Å². The number of nitrogens with zero attached hydrogens (tertiary/aromatic N) is 3. The van der Waals surface area contributed by atoms with Crippen LogP contribution in [0.4, 0.5) is 11.6 Å². The molecule has 0 saturated heterocycles. The molecule has 22 heavy (non-hydrogen) atoms. The van der Waals surface area contributed by atoms with Gasteiger partial charge in [-0.1, -0.05) is 0 Å². The number of hydrogen-bond acceptors (Lipinski definition) is 8. The average molecular weight is 315 g/mol. The zero-order chi connectivity index (χ0) is 15.9. The smallest absolute Gasteiger partial charge is 0.221 e. The third-order valence-electron chi connectivity index (χ3n) is 3.15. The molecule has 0 aromatic carbocycles. The van der Waals surface area contributed by atoms with Crippen LogP contribution in [0.3, 0.4) is 0 Å². The van der Waals surface area contributed by atoms with E-state index in [9.17, 15) is 4.79 Å². The number of carbonyl (C=O) groups excluding carboxylic acids is 1. The number of nitrogen functional groups attached to an aromatic ring is 2. The van der Waals surface area contributed by atoms with Gasteiger partial charge in [-0.05, 0) is 6.07 Å². The molecular formula is C14H13N5O2S. The summed E-state index contributed by atoms with van der Waals surface area (Å²) in [6, 6.07) is 1.78. The van der Waals surface area contributed by atoms with Crippen molar-refractivity contribution in [3.8, 4) is 17.0 Å². The zero-order valence-corrected chi connectivity index (χ0v) is 12.8. The van der Waals surface area contributed by atoms with Gasteiger partial charge in [-0.15, -0.1) is 11.3 Å². The van der Waals surface area contributed by atoms with Crippen LogP contribution in [-0.4, -0.2) is 27.8 Å². The molecule has 0 aliphatic heterocycles. The van der Waals surface area contributed by atoms with Crippen molar-refractivity contribution in [1.82, 2.24) is 15.0 Å². The second-order valence-corrected chi connectivity index (χ2v) is 5.62.